The van der Waals surface area contributed by atoms with Gasteiger partial charge in [-0.05, 0) is 0 Å². The molecule has 0 atom stereocenters. The van der Waals surface area contributed by atoms with Gasteiger partial charge < -0.3 is 46.0 Å². The van der Waals surface area contributed by atoms with Crippen molar-refractivity contribution < 1.29 is 46.0 Å². The van der Waals surface area contributed by atoms with Gasteiger partial charge >= 0.3 is 14.5 Å². The van der Waals surface area contributed by atoms with Crippen LogP contribution in [0.15, 0.2) is 0 Å². The minimum atomic E-state index is -6.00. The summed E-state index contributed by atoms with van der Waals surface area (Å²) in [7, 11) is -12.0. The fourth-order valence-corrected chi connectivity index (χ4v) is 0. The van der Waals surface area contributed by atoms with Crippen LogP contribution in [0, 0.1) is 0 Å². The van der Waals surface area contributed by atoms with E-state index in [-0.39, 0.29) is 0 Å². The van der Waals surface area contributed by atoms with Crippen molar-refractivity contribution in [3.63, 3.8) is 0 Å². The first-order chi connectivity index (χ1) is 5.91. The average Bonchev–Trinajstić information content (AvgIpc) is 1.79. The van der Waals surface area contributed by atoms with Crippen molar-refractivity contribution in [2.45, 2.75) is 0 Å². The second-order valence-electron chi connectivity index (χ2n) is 1.70. The lowest BCUT2D eigenvalue weighted by molar-refractivity contribution is -0.453. The van der Waals surface area contributed by atoms with Gasteiger partial charge in [0.2, 0.25) is 0 Å². The number of hydrogen-bond donors (Lipinski definition) is 2. The Kier molecular flexibility index (Phi) is 12.4. The molecule has 0 saturated carbocycles. The van der Waals surface area contributed by atoms with Gasteiger partial charge in [0.15, 0.2) is 0 Å². The van der Waals surface area contributed by atoms with E-state index in [1.165, 1.54) is 0 Å². The van der Waals surface area contributed by atoms with Crippen LogP contribution in [-0.2, 0) is 0 Å². The lowest BCUT2D eigenvalue weighted by Gasteiger charge is -1.94. The number of hydrogen-bond acceptors (Lipinski definition) is 0. The molecule has 12 heteroatoms. The number of rotatable bonds is 1. The van der Waals surface area contributed by atoms with Gasteiger partial charge in [0, 0.05) is 0 Å². The fourth-order valence-electron chi connectivity index (χ4n) is 0. The van der Waals surface area contributed by atoms with Gasteiger partial charge in [-0.1, -0.05) is 0 Å². The molecule has 0 radical (unpaired) electrons. The third-order valence-electron chi connectivity index (χ3n) is 0.250. The minimum Gasteiger partial charge on any atom is -0.418 e. The Labute approximate surface area is 74.8 Å². The van der Waals surface area contributed by atoms with Crippen LogP contribution in [0.4, 0.5) is 34.5 Å². The first-order valence-corrected chi connectivity index (χ1v) is 3.25. The number of halogens is 8. The second kappa shape index (κ2) is 9.06. The quantitative estimate of drug-likeness (QED) is 0.478. The molecule has 0 aliphatic rings. The molecule has 0 aliphatic heterocycles. The lowest BCUT2D eigenvalue weighted by atomic mass is 10.3. The van der Waals surface area contributed by atoms with Gasteiger partial charge in [-0.3, -0.25) is 0 Å². The van der Waals surface area contributed by atoms with Crippen LogP contribution in [0.25, 0.3) is 0 Å². The van der Waals surface area contributed by atoms with Gasteiger partial charge in [-0.25, -0.2) is 0 Å². The molecule has 14 heavy (non-hydrogen) atoms. The van der Waals surface area contributed by atoms with E-state index in [4.69, 9.17) is 0 Å². The SMILES string of the molecule is F[B-](F)(F)F.F[B-](F)(F)F.[NH3+]CC[NH3+]. The molecule has 0 heterocycles. The van der Waals surface area contributed by atoms with E-state index in [1.54, 1.807) is 0 Å². The van der Waals surface area contributed by atoms with Crippen molar-refractivity contribution in [3.8, 4) is 0 Å². The van der Waals surface area contributed by atoms with Crippen LogP contribution in [0.5, 0.6) is 0 Å². The molecule has 0 aromatic carbocycles. The van der Waals surface area contributed by atoms with E-state index < -0.39 is 14.5 Å². The molecule has 0 unspecified atom stereocenters. The fraction of sp³-hybridized carbons (Fsp3) is 1.00. The van der Waals surface area contributed by atoms with Gasteiger partial charge in [-0.15, -0.1) is 0 Å². The summed E-state index contributed by atoms with van der Waals surface area (Å²) < 4.78 is 78.0. The van der Waals surface area contributed by atoms with E-state index in [2.05, 4.69) is 11.5 Å². The molecular formula is C2H10B2F8N2. The first kappa shape index (κ1) is 19.1. The third-order valence-corrected chi connectivity index (χ3v) is 0.250. The first-order valence-electron chi connectivity index (χ1n) is 3.25. The van der Waals surface area contributed by atoms with Crippen LogP contribution in [0.3, 0.4) is 0 Å². The maximum atomic E-state index is 9.75. The molecule has 0 aromatic heterocycles. The molecule has 0 aromatic rings. The Bertz CT molecular complexity index is 84.9. The second-order valence-corrected chi connectivity index (χ2v) is 1.70. The summed E-state index contributed by atoms with van der Waals surface area (Å²) in [6, 6.07) is 0. The largest absolute Gasteiger partial charge is 0.673 e. The summed E-state index contributed by atoms with van der Waals surface area (Å²) >= 11 is 0. The molecule has 0 rings (SSSR count). The zero-order valence-corrected chi connectivity index (χ0v) is 7.01. The molecule has 0 bridgehead atoms. The van der Waals surface area contributed by atoms with Crippen molar-refractivity contribution in [2.75, 3.05) is 13.1 Å². The van der Waals surface area contributed by atoms with Gasteiger partial charge in [0.25, 0.3) is 0 Å². The topological polar surface area (TPSA) is 55.3 Å². The molecular weight excluding hydrogens is 226 g/mol. The molecule has 90 valence electrons. The molecule has 0 saturated heterocycles. The highest BCUT2D eigenvalue weighted by molar-refractivity contribution is 6.50. The normalized spacial score (nSPS) is 10.7. The van der Waals surface area contributed by atoms with E-state index in [1.807, 2.05) is 0 Å². The van der Waals surface area contributed by atoms with Crippen molar-refractivity contribution in [3.05, 3.63) is 0 Å². The summed E-state index contributed by atoms with van der Waals surface area (Å²) in [6.45, 7) is 1.92. The van der Waals surface area contributed by atoms with Crippen molar-refractivity contribution >= 4 is 14.5 Å². The molecule has 0 fully saturated rings. The van der Waals surface area contributed by atoms with Crippen LogP contribution in [0.1, 0.15) is 0 Å². The molecule has 0 aliphatic carbocycles. The van der Waals surface area contributed by atoms with E-state index >= 15 is 0 Å². The summed E-state index contributed by atoms with van der Waals surface area (Å²) in [5.41, 5.74) is 7.08. The highest BCUT2D eigenvalue weighted by Gasteiger charge is 2.21. The maximum Gasteiger partial charge on any atom is 0.673 e. The molecule has 0 amide bonds. The average molecular weight is 236 g/mol. The number of quaternary nitrogens is 2. The lowest BCUT2D eigenvalue weighted by Crippen LogP contribution is -2.64. The summed E-state index contributed by atoms with van der Waals surface area (Å²) in [6.07, 6.45) is 0. The summed E-state index contributed by atoms with van der Waals surface area (Å²) in [4.78, 5) is 0. The van der Waals surface area contributed by atoms with Crippen LogP contribution >= 0.6 is 0 Å². The van der Waals surface area contributed by atoms with E-state index in [0.29, 0.717) is 0 Å². The van der Waals surface area contributed by atoms with Crippen molar-refractivity contribution in [1.82, 2.24) is 0 Å². The Hall–Kier alpha value is -0.510. The van der Waals surface area contributed by atoms with E-state index in [9.17, 15) is 34.5 Å². The highest BCUT2D eigenvalue weighted by atomic mass is 19.5. The van der Waals surface area contributed by atoms with Gasteiger partial charge in [-0.2, -0.15) is 0 Å². The van der Waals surface area contributed by atoms with Crippen LogP contribution < -0.4 is 11.5 Å². The highest BCUT2D eigenvalue weighted by Crippen LogP contribution is 2.07. The summed E-state index contributed by atoms with van der Waals surface area (Å²) in [5, 5.41) is 0. The maximum absolute atomic E-state index is 9.75. The molecule has 0 spiro atoms. The predicted octanol–water partition coefficient (Wildman–Crippen LogP) is 0.0702. The van der Waals surface area contributed by atoms with Crippen LogP contribution in [0.2, 0.25) is 0 Å². The van der Waals surface area contributed by atoms with E-state index in [0.717, 1.165) is 13.1 Å². The molecule has 2 nitrogen and oxygen atoms in total. The van der Waals surface area contributed by atoms with Gasteiger partial charge in [0.1, 0.15) is 13.1 Å². The zero-order valence-electron chi connectivity index (χ0n) is 7.01. The minimum absolute atomic E-state index is 0.958. The Morgan fingerprint density at radius 3 is 0.643 bits per heavy atom. The smallest absolute Gasteiger partial charge is 0.418 e. The zero-order chi connectivity index (χ0) is 12.4. The Balaban J connectivity index is -0.000000131. The van der Waals surface area contributed by atoms with Crippen molar-refractivity contribution in [2.24, 2.45) is 0 Å². The monoisotopic (exact) mass is 236 g/mol. The Morgan fingerprint density at radius 2 is 0.643 bits per heavy atom. The van der Waals surface area contributed by atoms with Crippen LogP contribution in [-0.4, -0.2) is 27.6 Å². The van der Waals surface area contributed by atoms with Crippen molar-refractivity contribution in [1.29, 1.82) is 0 Å². The van der Waals surface area contributed by atoms with Gasteiger partial charge in [0.05, 0.1) is 0 Å². The predicted molar refractivity (Wildman–Crippen MR) is 35.9 cm³/mol. The Morgan fingerprint density at radius 1 is 0.571 bits per heavy atom. The third kappa shape index (κ3) is 5270. The summed E-state index contributed by atoms with van der Waals surface area (Å²) in [5.74, 6) is 0. The molecule has 6 N–H and O–H groups in total. The standard InChI is InChI=1S/C2H8N2.2BF4/c3-1-2-4;2*2-1(3,4)5/h1-4H2;;/q;2*-1/p+2.